The number of nitriles is 1. The van der Waals surface area contributed by atoms with E-state index in [4.69, 9.17) is 4.42 Å². The first-order valence-corrected chi connectivity index (χ1v) is 8.25. The number of thiazole rings is 1. The maximum atomic E-state index is 12.6. The van der Waals surface area contributed by atoms with E-state index in [9.17, 15) is 14.9 Å². The first kappa shape index (κ1) is 18.2. The third kappa shape index (κ3) is 4.05. The highest BCUT2D eigenvalue weighted by atomic mass is 32.1. The standard InChI is InChI=1S/C18H17N3O3S/c1-4-8-20-16(22)14(11-19)18-21(9-5-2)17(23)15(25-18)10-13-7-6-12(3)24-13/h4-7,10H,1-2,8-9H2,3H3,(H,20,22)/b15-10+,18-14+. The molecule has 1 N–H and O–H groups in total. The number of hydrogen-bond acceptors (Lipinski definition) is 5. The highest BCUT2D eigenvalue weighted by Gasteiger charge is 2.15. The molecule has 0 aliphatic carbocycles. The SMILES string of the molecule is C=CCNC(=O)/C(C#N)=c1/s/c(=C/c2ccc(C)o2)c(=O)n1CC=C. The zero-order valence-corrected chi connectivity index (χ0v) is 14.6. The molecule has 0 atom stereocenters. The highest BCUT2D eigenvalue weighted by molar-refractivity contribution is 7.07. The molecule has 7 heteroatoms. The number of aromatic nitrogens is 1. The van der Waals surface area contributed by atoms with Gasteiger partial charge in [0.25, 0.3) is 11.5 Å². The van der Waals surface area contributed by atoms with Gasteiger partial charge in [-0.1, -0.05) is 12.2 Å². The lowest BCUT2D eigenvalue weighted by molar-refractivity contribution is -0.115. The molecule has 0 saturated carbocycles. The Hall–Kier alpha value is -3.11. The summed E-state index contributed by atoms with van der Waals surface area (Å²) in [5.41, 5.74) is -0.431. The largest absolute Gasteiger partial charge is 0.462 e. The Morgan fingerprint density at radius 2 is 2.20 bits per heavy atom. The van der Waals surface area contributed by atoms with Gasteiger partial charge in [0.2, 0.25) is 0 Å². The summed E-state index contributed by atoms with van der Waals surface area (Å²) in [6, 6.07) is 5.42. The molecule has 25 heavy (non-hydrogen) atoms. The maximum absolute atomic E-state index is 12.6. The lowest BCUT2D eigenvalue weighted by Crippen LogP contribution is -2.34. The molecule has 128 valence electrons. The normalized spacial score (nSPS) is 12.4. The summed E-state index contributed by atoms with van der Waals surface area (Å²) in [5.74, 6) is 0.701. The van der Waals surface area contributed by atoms with Crippen molar-refractivity contribution in [2.75, 3.05) is 6.54 Å². The van der Waals surface area contributed by atoms with E-state index in [0.717, 1.165) is 17.1 Å². The fraction of sp³-hybridized carbons (Fsp3) is 0.167. The van der Waals surface area contributed by atoms with Gasteiger partial charge in [0.1, 0.15) is 22.3 Å². The van der Waals surface area contributed by atoms with Gasteiger partial charge in [0, 0.05) is 19.2 Å². The number of nitrogens with zero attached hydrogens (tertiary/aromatic N) is 2. The van der Waals surface area contributed by atoms with Crippen LogP contribution in [0.2, 0.25) is 0 Å². The molecule has 0 aromatic carbocycles. The van der Waals surface area contributed by atoms with Crippen LogP contribution in [0.5, 0.6) is 0 Å². The van der Waals surface area contributed by atoms with Crippen LogP contribution in [0.4, 0.5) is 0 Å². The maximum Gasteiger partial charge on any atom is 0.269 e. The van der Waals surface area contributed by atoms with E-state index in [1.807, 2.05) is 6.07 Å². The van der Waals surface area contributed by atoms with Crippen molar-refractivity contribution in [1.29, 1.82) is 5.26 Å². The minimum Gasteiger partial charge on any atom is -0.462 e. The monoisotopic (exact) mass is 355 g/mol. The number of nitrogens with one attached hydrogen (secondary N) is 1. The number of carbonyl (C=O) groups is 1. The molecule has 0 saturated heterocycles. The summed E-state index contributed by atoms with van der Waals surface area (Å²) in [6.45, 7) is 9.36. The molecular weight excluding hydrogens is 338 g/mol. The summed E-state index contributed by atoms with van der Waals surface area (Å²) in [5, 5.41) is 12.0. The molecule has 0 aliphatic rings. The number of rotatable bonds is 6. The Morgan fingerprint density at radius 3 is 2.76 bits per heavy atom. The summed E-state index contributed by atoms with van der Waals surface area (Å²) in [6.07, 6.45) is 4.64. The Kier molecular flexibility index (Phi) is 5.93. The number of aryl methyl sites for hydroxylation is 1. The molecule has 0 bridgehead atoms. The average molecular weight is 355 g/mol. The molecule has 0 unspecified atom stereocenters. The fourth-order valence-corrected chi connectivity index (χ4v) is 3.20. The van der Waals surface area contributed by atoms with Crippen LogP contribution in [-0.2, 0) is 11.3 Å². The van der Waals surface area contributed by atoms with Gasteiger partial charge in [-0.3, -0.25) is 14.2 Å². The summed E-state index contributed by atoms with van der Waals surface area (Å²) >= 11 is 1.07. The van der Waals surface area contributed by atoms with E-state index in [0.29, 0.717) is 10.3 Å². The average Bonchev–Trinajstić information content (AvgIpc) is 3.13. The van der Waals surface area contributed by atoms with Crippen molar-refractivity contribution in [2.45, 2.75) is 13.5 Å². The zero-order chi connectivity index (χ0) is 18.4. The predicted octanol–water partition coefficient (Wildman–Crippen LogP) is 0.802. The van der Waals surface area contributed by atoms with Crippen molar-refractivity contribution in [1.82, 2.24) is 9.88 Å². The van der Waals surface area contributed by atoms with Crippen molar-refractivity contribution in [3.63, 3.8) is 0 Å². The fourth-order valence-electron chi connectivity index (χ4n) is 2.11. The lowest BCUT2D eigenvalue weighted by Gasteiger charge is -2.01. The van der Waals surface area contributed by atoms with E-state index in [2.05, 4.69) is 18.5 Å². The van der Waals surface area contributed by atoms with Gasteiger partial charge >= 0.3 is 0 Å². The van der Waals surface area contributed by atoms with Gasteiger partial charge < -0.3 is 9.73 Å². The van der Waals surface area contributed by atoms with Gasteiger partial charge in [-0.05, 0) is 19.1 Å². The van der Waals surface area contributed by atoms with Crippen LogP contribution in [0, 0.1) is 18.3 Å². The van der Waals surface area contributed by atoms with E-state index < -0.39 is 5.91 Å². The molecule has 0 fully saturated rings. The predicted molar refractivity (Wildman–Crippen MR) is 97.3 cm³/mol. The summed E-state index contributed by atoms with van der Waals surface area (Å²) in [7, 11) is 0. The van der Waals surface area contributed by atoms with Crippen LogP contribution in [0.15, 0.2) is 46.7 Å². The third-order valence-corrected chi connectivity index (χ3v) is 4.34. The summed E-state index contributed by atoms with van der Waals surface area (Å²) < 4.78 is 7.46. The molecule has 0 aliphatic heterocycles. The van der Waals surface area contributed by atoms with Crippen LogP contribution in [-0.4, -0.2) is 17.0 Å². The Balaban J connectivity index is 2.73. The van der Waals surface area contributed by atoms with E-state index in [1.165, 1.54) is 16.7 Å². The van der Waals surface area contributed by atoms with Gasteiger partial charge in [-0.25, -0.2) is 0 Å². The molecule has 2 aromatic rings. The minimum atomic E-state index is -0.554. The van der Waals surface area contributed by atoms with E-state index in [1.54, 1.807) is 25.1 Å². The Labute approximate surface area is 148 Å². The number of carbonyl (C=O) groups excluding carboxylic acids is 1. The highest BCUT2D eigenvalue weighted by Crippen LogP contribution is 2.06. The smallest absolute Gasteiger partial charge is 0.269 e. The van der Waals surface area contributed by atoms with Crippen LogP contribution < -0.4 is 20.1 Å². The van der Waals surface area contributed by atoms with Crippen LogP contribution in [0.3, 0.4) is 0 Å². The molecule has 2 rings (SSSR count). The van der Waals surface area contributed by atoms with Crippen LogP contribution >= 0.6 is 11.3 Å². The molecular formula is C18H17N3O3S. The second kappa shape index (κ2) is 8.13. The molecule has 2 heterocycles. The first-order chi connectivity index (χ1) is 12.0. The van der Waals surface area contributed by atoms with Gasteiger partial charge in [-0.15, -0.1) is 24.5 Å². The van der Waals surface area contributed by atoms with E-state index in [-0.39, 0.29) is 28.9 Å². The summed E-state index contributed by atoms with van der Waals surface area (Å²) in [4.78, 5) is 24.8. The van der Waals surface area contributed by atoms with Gasteiger partial charge in [0.05, 0.1) is 4.53 Å². The molecule has 2 aromatic heterocycles. The van der Waals surface area contributed by atoms with Crippen molar-refractivity contribution in [2.24, 2.45) is 0 Å². The number of amides is 1. The lowest BCUT2D eigenvalue weighted by atomic mass is 10.3. The zero-order valence-electron chi connectivity index (χ0n) is 13.7. The molecule has 6 nitrogen and oxygen atoms in total. The third-order valence-electron chi connectivity index (χ3n) is 3.21. The second-order valence-electron chi connectivity index (χ2n) is 5.05. The number of allylic oxidation sites excluding steroid dienone is 1. The molecule has 0 spiro atoms. The molecule has 1 amide bonds. The number of hydrogen-bond donors (Lipinski definition) is 1. The minimum absolute atomic E-state index is 0.124. The van der Waals surface area contributed by atoms with Crippen molar-refractivity contribution in [3.05, 3.63) is 68.5 Å². The van der Waals surface area contributed by atoms with Crippen molar-refractivity contribution < 1.29 is 9.21 Å². The van der Waals surface area contributed by atoms with Gasteiger partial charge in [-0.2, -0.15) is 5.26 Å². The Morgan fingerprint density at radius 1 is 1.44 bits per heavy atom. The molecule has 0 radical (unpaired) electrons. The first-order valence-electron chi connectivity index (χ1n) is 7.44. The second-order valence-corrected chi connectivity index (χ2v) is 6.08. The topological polar surface area (TPSA) is 88.0 Å². The van der Waals surface area contributed by atoms with Crippen LogP contribution in [0.25, 0.3) is 11.6 Å². The Bertz CT molecular complexity index is 1030. The van der Waals surface area contributed by atoms with Crippen molar-refractivity contribution >= 4 is 28.9 Å². The van der Waals surface area contributed by atoms with Crippen LogP contribution in [0.1, 0.15) is 11.5 Å². The number of furan rings is 1. The quantitative estimate of drug-likeness (QED) is 0.777. The van der Waals surface area contributed by atoms with Gasteiger partial charge in [0.15, 0.2) is 5.57 Å². The van der Waals surface area contributed by atoms with Crippen molar-refractivity contribution in [3.8, 4) is 6.07 Å². The van der Waals surface area contributed by atoms with E-state index >= 15 is 0 Å².